The van der Waals surface area contributed by atoms with Crippen LogP contribution in [0.15, 0.2) is 42.0 Å². The van der Waals surface area contributed by atoms with Crippen molar-refractivity contribution in [3.05, 3.63) is 64.8 Å². The molecule has 4 aromatic rings. The van der Waals surface area contributed by atoms with Gasteiger partial charge in [-0.15, -0.1) is 11.3 Å². The van der Waals surface area contributed by atoms with Crippen LogP contribution in [0.4, 0.5) is 19.0 Å². The third kappa shape index (κ3) is 5.45. The van der Waals surface area contributed by atoms with E-state index in [4.69, 9.17) is 9.47 Å². The Kier molecular flexibility index (Phi) is 7.91. The molecule has 2 aromatic heterocycles. The maximum Gasteiger partial charge on any atom is 0.303 e. The number of fused-ring (bicyclic) bond motifs is 1. The molecule has 0 aliphatic carbocycles. The number of nitrogens with one attached hydrogen (secondary N) is 1. The fourth-order valence-corrected chi connectivity index (χ4v) is 4.66. The monoisotopic (exact) mass is 546 g/mol. The fourth-order valence-electron chi connectivity index (χ4n) is 4.02. The van der Waals surface area contributed by atoms with Crippen LogP contribution in [-0.4, -0.2) is 46.0 Å². The molecular formula is C27H29F3N4O3S. The molecule has 11 heteroatoms. The topological polar surface area (TPSA) is 89.4 Å². The normalized spacial score (nSPS) is 13.1. The van der Waals surface area contributed by atoms with Crippen molar-refractivity contribution in [2.45, 2.75) is 45.3 Å². The lowest BCUT2D eigenvalue weighted by Gasteiger charge is -2.30. The van der Waals surface area contributed by atoms with Gasteiger partial charge < -0.3 is 19.9 Å². The Bertz CT molecular complexity index is 1430. The number of hydrogen-bond acceptors (Lipinski definition) is 8. The van der Waals surface area contributed by atoms with Gasteiger partial charge in [-0.1, -0.05) is 12.1 Å². The van der Waals surface area contributed by atoms with E-state index in [0.717, 1.165) is 30.4 Å². The molecule has 2 aromatic carbocycles. The zero-order chi connectivity index (χ0) is 27.7. The maximum absolute atomic E-state index is 15.4. The lowest BCUT2D eigenvalue weighted by Crippen LogP contribution is -2.41. The molecule has 0 amide bonds. The van der Waals surface area contributed by atoms with Crippen molar-refractivity contribution < 1.29 is 27.8 Å². The van der Waals surface area contributed by atoms with E-state index < -0.39 is 28.9 Å². The summed E-state index contributed by atoms with van der Waals surface area (Å²) in [5.74, 6) is -3.46. The van der Waals surface area contributed by atoms with Gasteiger partial charge in [0, 0.05) is 29.8 Å². The molecule has 0 radical (unpaired) electrons. The zero-order valence-corrected chi connectivity index (χ0v) is 22.5. The van der Waals surface area contributed by atoms with Crippen molar-refractivity contribution in [1.82, 2.24) is 15.0 Å². The second-order valence-electron chi connectivity index (χ2n) is 9.40. The molecule has 0 saturated heterocycles. The summed E-state index contributed by atoms with van der Waals surface area (Å²) in [6, 6.07) is 6.68. The minimum Gasteiger partial charge on any atom is -0.490 e. The average Bonchev–Trinajstić information content (AvgIpc) is 3.38. The number of halogens is 3. The van der Waals surface area contributed by atoms with Gasteiger partial charge in [0.15, 0.2) is 0 Å². The fraction of sp³-hybridized carbons (Fsp3) is 0.370. The number of benzene rings is 2. The number of methoxy groups -OCH3 is 1. The van der Waals surface area contributed by atoms with Crippen molar-refractivity contribution in [1.29, 1.82) is 0 Å². The molecule has 202 valence electrons. The first kappa shape index (κ1) is 27.7. The summed E-state index contributed by atoms with van der Waals surface area (Å²) in [6.07, 6.45) is 1.74. The molecule has 1 atom stereocenters. The largest absolute Gasteiger partial charge is 0.490 e. The number of aliphatic hydroxyl groups is 1. The Morgan fingerprint density at radius 3 is 2.58 bits per heavy atom. The number of hydrogen-bond donors (Lipinski definition) is 2. The molecule has 0 saturated carbocycles. The van der Waals surface area contributed by atoms with Gasteiger partial charge in [0.25, 0.3) is 0 Å². The van der Waals surface area contributed by atoms with Crippen molar-refractivity contribution >= 4 is 28.1 Å². The molecule has 0 fully saturated rings. The highest BCUT2D eigenvalue weighted by Gasteiger charge is 2.49. The molecule has 0 aliphatic heterocycles. The van der Waals surface area contributed by atoms with Crippen LogP contribution in [0, 0.1) is 12.7 Å². The van der Waals surface area contributed by atoms with Gasteiger partial charge in [-0.2, -0.15) is 8.78 Å². The lowest BCUT2D eigenvalue weighted by atomic mass is 9.91. The first-order valence-electron chi connectivity index (χ1n) is 11.9. The second-order valence-corrected chi connectivity index (χ2v) is 10.3. The Labute approximate surface area is 222 Å². The number of aryl methyl sites for hydroxylation is 1. The molecule has 2 N–H and O–H groups in total. The average molecular weight is 547 g/mol. The Morgan fingerprint density at radius 1 is 1.16 bits per heavy atom. The number of anilines is 1. The first-order valence-corrected chi connectivity index (χ1v) is 12.8. The zero-order valence-electron chi connectivity index (χ0n) is 21.7. The molecule has 4 rings (SSSR count). The molecule has 2 heterocycles. The van der Waals surface area contributed by atoms with E-state index in [9.17, 15) is 13.9 Å². The quantitative estimate of drug-likeness (QED) is 0.227. The summed E-state index contributed by atoms with van der Waals surface area (Å²) < 4.78 is 56.1. The Morgan fingerprint density at radius 2 is 1.92 bits per heavy atom. The Balaban J connectivity index is 1.77. The number of rotatable bonds is 10. The van der Waals surface area contributed by atoms with E-state index in [2.05, 4.69) is 20.3 Å². The van der Waals surface area contributed by atoms with E-state index in [1.807, 2.05) is 6.07 Å². The van der Waals surface area contributed by atoms with Gasteiger partial charge in [0.1, 0.15) is 35.4 Å². The predicted octanol–water partition coefficient (Wildman–Crippen LogP) is 6.26. The molecule has 38 heavy (non-hydrogen) atoms. The van der Waals surface area contributed by atoms with Gasteiger partial charge in [0.2, 0.25) is 0 Å². The van der Waals surface area contributed by atoms with Crippen LogP contribution in [0.25, 0.3) is 21.3 Å². The number of aromatic nitrogens is 3. The summed E-state index contributed by atoms with van der Waals surface area (Å²) in [6.45, 7) is 5.97. The van der Waals surface area contributed by atoms with E-state index in [1.54, 1.807) is 38.7 Å². The summed E-state index contributed by atoms with van der Waals surface area (Å²) in [5, 5.41) is 13.7. The molecule has 7 nitrogen and oxygen atoms in total. The number of thiazole rings is 1. The smallest absolute Gasteiger partial charge is 0.303 e. The SMILES string of the molecule is COCCOc1cc2c(N[C@H](C)c3cccc(C(F)(F)C(C)(C)O)c3F)nc(C)nc2cc1-c1cncs1. The van der Waals surface area contributed by atoms with Crippen molar-refractivity contribution in [2.75, 3.05) is 25.6 Å². The van der Waals surface area contributed by atoms with Gasteiger partial charge in [-0.05, 0) is 45.9 Å². The molecule has 0 aliphatic rings. The highest BCUT2D eigenvalue weighted by Crippen LogP contribution is 2.42. The highest BCUT2D eigenvalue weighted by molar-refractivity contribution is 7.13. The number of ether oxygens (including phenoxy) is 2. The molecule has 0 spiro atoms. The molecular weight excluding hydrogens is 517 g/mol. The van der Waals surface area contributed by atoms with E-state index in [-0.39, 0.29) is 5.56 Å². The summed E-state index contributed by atoms with van der Waals surface area (Å²) in [7, 11) is 1.58. The summed E-state index contributed by atoms with van der Waals surface area (Å²) in [5.41, 5.74) is -0.157. The summed E-state index contributed by atoms with van der Waals surface area (Å²) >= 11 is 1.46. The van der Waals surface area contributed by atoms with Crippen LogP contribution in [0.3, 0.4) is 0 Å². The van der Waals surface area contributed by atoms with E-state index in [0.29, 0.717) is 41.5 Å². The molecule has 0 unspecified atom stereocenters. The second kappa shape index (κ2) is 10.8. The highest BCUT2D eigenvalue weighted by atomic mass is 32.1. The van der Waals surface area contributed by atoms with E-state index in [1.165, 1.54) is 23.5 Å². The van der Waals surface area contributed by atoms with E-state index >= 15 is 4.39 Å². The van der Waals surface area contributed by atoms with Gasteiger partial charge in [-0.3, -0.25) is 4.98 Å². The van der Waals surface area contributed by atoms with Crippen LogP contribution < -0.4 is 10.1 Å². The van der Waals surface area contributed by atoms with Crippen LogP contribution in [0.5, 0.6) is 5.75 Å². The molecule has 0 bridgehead atoms. The number of nitrogens with zero attached hydrogens (tertiary/aromatic N) is 3. The third-order valence-corrected chi connectivity index (χ3v) is 6.91. The van der Waals surface area contributed by atoms with Gasteiger partial charge in [0.05, 0.1) is 34.1 Å². The Hall–Kier alpha value is -3.28. The number of alkyl halides is 2. The first-order chi connectivity index (χ1) is 17.9. The van der Waals surface area contributed by atoms with Crippen LogP contribution in [0.1, 0.15) is 43.8 Å². The van der Waals surface area contributed by atoms with Crippen molar-refractivity contribution in [2.24, 2.45) is 0 Å². The maximum atomic E-state index is 15.4. The standard InChI is InChI=1S/C27H29F3N4O3S/c1-15(17-7-6-8-20(24(17)28)27(29,30)26(3,4)35)32-25-18-12-22(37-10-9-36-5)19(23-13-31-14-38-23)11-21(18)33-16(2)34-25/h6-8,11-15,35H,9-10H2,1-5H3,(H,32,33,34)/t15-/m1/s1. The van der Waals surface area contributed by atoms with Gasteiger partial charge >= 0.3 is 5.92 Å². The van der Waals surface area contributed by atoms with Crippen molar-refractivity contribution in [3.8, 4) is 16.2 Å². The summed E-state index contributed by atoms with van der Waals surface area (Å²) in [4.78, 5) is 14.1. The minimum absolute atomic E-state index is 0.00804. The predicted molar refractivity (Wildman–Crippen MR) is 141 cm³/mol. The minimum atomic E-state index is -3.80. The van der Waals surface area contributed by atoms with Crippen LogP contribution in [-0.2, 0) is 10.7 Å². The van der Waals surface area contributed by atoms with Crippen LogP contribution in [0.2, 0.25) is 0 Å². The third-order valence-electron chi connectivity index (χ3n) is 6.11. The van der Waals surface area contributed by atoms with Crippen molar-refractivity contribution in [3.63, 3.8) is 0 Å². The lowest BCUT2D eigenvalue weighted by molar-refractivity contribution is -0.170. The van der Waals surface area contributed by atoms with Crippen LogP contribution >= 0.6 is 11.3 Å². The van der Waals surface area contributed by atoms with Gasteiger partial charge in [-0.25, -0.2) is 14.4 Å².